The van der Waals surface area contributed by atoms with E-state index in [1.54, 1.807) is 7.11 Å². The Bertz CT molecular complexity index is 974. The Labute approximate surface area is 159 Å². The summed E-state index contributed by atoms with van der Waals surface area (Å²) in [7, 11) is 1.66. The van der Waals surface area contributed by atoms with Gasteiger partial charge in [-0.15, -0.1) is 0 Å². The van der Waals surface area contributed by atoms with Gasteiger partial charge in [-0.3, -0.25) is 0 Å². The summed E-state index contributed by atoms with van der Waals surface area (Å²) in [4.78, 5) is 0. The molecule has 5 rings (SSSR count). The van der Waals surface area contributed by atoms with Crippen LogP contribution < -0.4 is 4.74 Å². The molecule has 0 unspecified atom stereocenters. The lowest BCUT2D eigenvalue weighted by Gasteiger charge is -1.93. The van der Waals surface area contributed by atoms with E-state index < -0.39 is 0 Å². The summed E-state index contributed by atoms with van der Waals surface area (Å²) in [6, 6.07) is 37.9. The van der Waals surface area contributed by atoms with E-state index in [0.29, 0.717) is 0 Å². The molecule has 0 N–H and O–H groups in total. The number of furan rings is 1. The van der Waals surface area contributed by atoms with Gasteiger partial charge in [-0.2, -0.15) is 0 Å². The van der Waals surface area contributed by atoms with Gasteiger partial charge in [-0.25, -0.2) is 0 Å². The minimum absolute atomic E-state index is 0.910. The van der Waals surface area contributed by atoms with Crippen molar-refractivity contribution in [3.8, 4) is 5.75 Å². The molecule has 27 heavy (non-hydrogen) atoms. The van der Waals surface area contributed by atoms with Gasteiger partial charge in [-0.05, 0) is 24.3 Å². The van der Waals surface area contributed by atoms with Crippen molar-refractivity contribution in [2.75, 3.05) is 7.11 Å². The highest BCUT2D eigenvalue weighted by Crippen LogP contribution is 2.27. The van der Waals surface area contributed by atoms with Crippen LogP contribution in [0.4, 0.5) is 0 Å². The Kier molecular flexibility index (Phi) is 6.66. The van der Waals surface area contributed by atoms with E-state index in [0.717, 1.165) is 16.9 Å². The van der Waals surface area contributed by atoms with Crippen LogP contribution in [0.2, 0.25) is 0 Å². The highest BCUT2D eigenvalue weighted by Gasteiger charge is 2.03. The molecule has 1 aromatic heterocycles. The van der Waals surface area contributed by atoms with Crippen LogP contribution in [0, 0.1) is 0 Å². The van der Waals surface area contributed by atoms with Gasteiger partial charge in [0.1, 0.15) is 16.9 Å². The summed E-state index contributed by atoms with van der Waals surface area (Å²) in [6.45, 7) is 0. The van der Waals surface area contributed by atoms with Crippen molar-refractivity contribution in [2.45, 2.75) is 0 Å². The summed E-state index contributed by atoms with van der Waals surface area (Å²) < 4.78 is 10.6. The molecule has 0 atom stereocenters. The smallest absolute Gasteiger partial charge is 0.135 e. The second-order valence-corrected chi connectivity index (χ2v) is 5.77. The van der Waals surface area contributed by atoms with E-state index in [1.807, 2.05) is 103 Å². The topological polar surface area (TPSA) is 22.4 Å². The fourth-order valence-electron chi connectivity index (χ4n) is 2.62. The van der Waals surface area contributed by atoms with E-state index in [4.69, 9.17) is 9.15 Å². The van der Waals surface area contributed by atoms with Crippen molar-refractivity contribution < 1.29 is 9.15 Å². The molecule has 2 nitrogen and oxygen atoms in total. The van der Waals surface area contributed by atoms with E-state index in [9.17, 15) is 0 Å². The number of benzene rings is 4. The number of fused-ring (bicyclic) bond motifs is 3. The average molecular weight is 354 g/mol. The van der Waals surface area contributed by atoms with Gasteiger partial charge in [0.15, 0.2) is 0 Å². The van der Waals surface area contributed by atoms with E-state index in [1.165, 1.54) is 10.8 Å². The molecule has 1 heterocycles. The van der Waals surface area contributed by atoms with E-state index in [2.05, 4.69) is 12.1 Å². The standard InChI is InChI=1S/C12H8O.C7H8O.C6H6/c1-3-7-11-9(5-1)10-6-2-4-8-12(10)13-11;1-8-7-5-3-2-4-6-7;1-2-4-6-5-3-1/h1-8H;2-6H,1H3;1-6H. The van der Waals surface area contributed by atoms with E-state index >= 15 is 0 Å². The van der Waals surface area contributed by atoms with Crippen LogP contribution in [0.15, 0.2) is 120 Å². The fourth-order valence-corrected chi connectivity index (χ4v) is 2.62. The summed E-state index contributed by atoms with van der Waals surface area (Å²) in [5.41, 5.74) is 1.92. The first kappa shape index (κ1) is 18.3. The largest absolute Gasteiger partial charge is 0.497 e. The zero-order chi connectivity index (χ0) is 18.7. The molecule has 0 fully saturated rings. The molecule has 0 spiro atoms. The van der Waals surface area contributed by atoms with Gasteiger partial charge in [0.2, 0.25) is 0 Å². The molecule has 5 aromatic rings. The SMILES string of the molecule is COc1ccccc1.c1ccc2c(c1)oc1ccccc12.c1ccccc1. The van der Waals surface area contributed by atoms with E-state index in [-0.39, 0.29) is 0 Å². The number of rotatable bonds is 1. The molecule has 0 saturated carbocycles. The van der Waals surface area contributed by atoms with Crippen molar-refractivity contribution in [3.63, 3.8) is 0 Å². The van der Waals surface area contributed by atoms with Crippen LogP contribution in [0.5, 0.6) is 5.75 Å². The summed E-state index contributed by atoms with van der Waals surface area (Å²) in [5, 5.41) is 2.39. The van der Waals surface area contributed by atoms with Crippen molar-refractivity contribution in [2.24, 2.45) is 0 Å². The number of hydrogen-bond donors (Lipinski definition) is 0. The zero-order valence-electron chi connectivity index (χ0n) is 15.3. The van der Waals surface area contributed by atoms with Gasteiger partial charge < -0.3 is 9.15 Å². The van der Waals surface area contributed by atoms with Gasteiger partial charge in [0, 0.05) is 10.8 Å². The van der Waals surface area contributed by atoms with Crippen LogP contribution in [0.1, 0.15) is 0 Å². The monoisotopic (exact) mass is 354 g/mol. The predicted molar refractivity (Wildman–Crippen MR) is 113 cm³/mol. The molecule has 134 valence electrons. The van der Waals surface area contributed by atoms with Crippen molar-refractivity contribution in [1.29, 1.82) is 0 Å². The number of hydrogen-bond acceptors (Lipinski definition) is 2. The second-order valence-electron chi connectivity index (χ2n) is 5.77. The molecule has 0 bridgehead atoms. The lowest BCUT2D eigenvalue weighted by molar-refractivity contribution is 0.415. The van der Waals surface area contributed by atoms with Crippen molar-refractivity contribution in [1.82, 2.24) is 0 Å². The van der Waals surface area contributed by atoms with Gasteiger partial charge >= 0.3 is 0 Å². The molecular weight excluding hydrogens is 332 g/mol. The summed E-state index contributed by atoms with van der Waals surface area (Å²) in [6.07, 6.45) is 0. The number of ether oxygens (including phenoxy) is 1. The molecule has 2 heteroatoms. The maximum absolute atomic E-state index is 5.65. The number of para-hydroxylation sites is 3. The fraction of sp³-hybridized carbons (Fsp3) is 0.0400. The first-order valence-electron chi connectivity index (χ1n) is 8.84. The first-order valence-corrected chi connectivity index (χ1v) is 8.84. The molecule has 4 aromatic carbocycles. The van der Waals surface area contributed by atoms with Crippen LogP contribution in [0.3, 0.4) is 0 Å². The molecule has 0 radical (unpaired) electrons. The molecule has 0 aliphatic heterocycles. The molecule has 0 saturated heterocycles. The molecule has 0 aliphatic carbocycles. The normalized spacial score (nSPS) is 9.67. The zero-order valence-corrected chi connectivity index (χ0v) is 15.3. The number of methoxy groups -OCH3 is 1. The summed E-state index contributed by atoms with van der Waals surface area (Å²) >= 11 is 0. The maximum Gasteiger partial charge on any atom is 0.135 e. The second kappa shape index (κ2) is 9.83. The lowest BCUT2D eigenvalue weighted by atomic mass is 10.2. The third kappa shape index (κ3) is 5.23. The minimum Gasteiger partial charge on any atom is -0.497 e. The van der Waals surface area contributed by atoms with Crippen molar-refractivity contribution in [3.05, 3.63) is 115 Å². The molecule has 0 amide bonds. The predicted octanol–water partition coefficient (Wildman–Crippen LogP) is 6.97. The van der Waals surface area contributed by atoms with Crippen LogP contribution >= 0.6 is 0 Å². The Morgan fingerprint density at radius 1 is 0.481 bits per heavy atom. The molecular formula is C25H22O2. The third-order valence-corrected chi connectivity index (χ3v) is 3.93. The average Bonchev–Trinajstić information content (AvgIpc) is 3.15. The highest BCUT2D eigenvalue weighted by atomic mass is 16.5. The third-order valence-electron chi connectivity index (χ3n) is 3.93. The van der Waals surface area contributed by atoms with Crippen LogP contribution in [-0.2, 0) is 0 Å². The highest BCUT2D eigenvalue weighted by molar-refractivity contribution is 6.04. The van der Waals surface area contributed by atoms with Crippen LogP contribution in [-0.4, -0.2) is 7.11 Å². The minimum atomic E-state index is 0.910. The van der Waals surface area contributed by atoms with Crippen molar-refractivity contribution >= 4 is 21.9 Å². The lowest BCUT2D eigenvalue weighted by Crippen LogP contribution is -1.78. The Morgan fingerprint density at radius 3 is 1.26 bits per heavy atom. The Balaban J connectivity index is 0.000000129. The molecule has 0 aliphatic rings. The van der Waals surface area contributed by atoms with Gasteiger partial charge in [0.05, 0.1) is 7.11 Å². The maximum atomic E-state index is 5.65. The Morgan fingerprint density at radius 2 is 0.852 bits per heavy atom. The first-order chi connectivity index (χ1) is 13.4. The quantitative estimate of drug-likeness (QED) is 0.324. The van der Waals surface area contributed by atoms with Gasteiger partial charge in [0.25, 0.3) is 0 Å². The Hall–Kier alpha value is -3.52. The van der Waals surface area contributed by atoms with Crippen LogP contribution in [0.25, 0.3) is 21.9 Å². The summed E-state index contributed by atoms with van der Waals surface area (Å²) in [5.74, 6) is 0.910. The van der Waals surface area contributed by atoms with Gasteiger partial charge in [-0.1, -0.05) is 91.0 Å².